The van der Waals surface area contributed by atoms with E-state index in [1.165, 1.54) is 4.90 Å². The Morgan fingerprint density at radius 3 is 2.62 bits per heavy atom. The van der Waals surface area contributed by atoms with Crippen LogP contribution in [-0.2, 0) is 16.2 Å². The van der Waals surface area contributed by atoms with E-state index in [2.05, 4.69) is 0 Å². The lowest BCUT2D eigenvalue weighted by Crippen LogP contribution is -2.25. The number of halogens is 1. The number of benzene rings is 2. The van der Waals surface area contributed by atoms with Gasteiger partial charge in [0.1, 0.15) is 12.4 Å². The minimum atomic E-state index is -0.938. The molecule has 0 saturated carbocycles. The van der Waals surface area contributed by atoms with Crippen LogP contribution in [0.25, 0.3) is 0 Å². The van der Waals surface area contributed by atoms with E-state index in [1.807, 2.05) is 18.2 Å². The molecule has 5 nitrogen and oxygen atoms in total. The van der Waals surface area contributed by atoms with E-state index in [-0.39, 0.29) is 18.9 Å². The third kappa shape index (κ3) is 3.68. The number of nitrogens with zero attached hydrogens (tertiary/aromatic N) is 1. The number of anilines is 1. The van der Waals surface area contributed by atoms with Gasteiger partial charge < -0.3 is 14.7 Å². The Bertz CT molecular complexity index is 760. The summed E-state index contributed by atoms with van der Waals surface area (Å²) in [5, 5.41) is 9.69. The van der Waals surface area contributed by atoms with Gasteiger partial charge in [-0.1, -0.05) is 23.7 Å². The number of ether oxygens (including phenoxy) is 1. The molecule has 0 aromatic heterocycles. The van der Waals surface area contributed by atoms with Gasteiger partial charge in [0.25, 0.3) is 0 Å². The van der Waals surface area contributed by atoms with Crippen molar-refractivity contribution in [1.29, 1.82) is 0 Å². The van der Waals surface area contributed by atoms with Crippen molar-refractivity contribution in [3.8, 4) is 5.75 Å². The molecule has 124 valence electrons. The quantitative estimate of drug-likeness (QED) is 0.902. The highest BCUT2D eigenvalue weighted by atomic mass is 35.5. The average molecular weight is 346 g/mol. The molecule has 0 spiro atoms. The van der Waals surface area contributed by atoms with Crippen LogP contribution >= 0.6 is 11.6 Å². The Morgan fingerprint density at radius 1 is 1.25 bits per heavy atom. The summed E-state index contributed by atoms with van der Waals surface area (Å²) in [6, 6.07) is 14.5. The van der Waals surface area contributed by atoms with Crippen molar-refractivity contribution in [2.75, 3.05) is 11.4 Å². The summed E-state index contributed by atoms with van der Waals surface area (Å²) in [6.45, 7) is 0.598. The van der Waals surface area contributed by atoms with E-state index < -0.39 is 11.9 Å². The van der Waals surface area contributed by atoms with Gasteiger partial charge >= 0.3 is 5.97 Å². The topological polar surface area (TPSA) is 66.8 Å². The monoisotopic (exact) mass is 345 g/mol. The highest BCUT2D eigenvalue weighted by Crippen LogP contribution is 2.27. The number of carbonyl (C=O) groups is 2. The Morgan fingerprint density at radius 2 is 2.00 bits per heavy atom. The van der Waals surface area contributed by atoms with Gasteiger partial charge in [-0.3, -0.25) is 9.59 Å². The van der Waals surface area contributed by atoms with Crippen molar-refractivity contribution in [2.24, 2.45) is 5.92 Å². The van der Waals surface area contributed by atoms with E-state index >= 15 is 0 Å². The van der Waals surface area contributed by atoms with Crippen molar-refractivity contribution >= 4 is 29.2 Å². The third-order valence-corrected chi connectivity index (χ3v) is 4.15. The van der Waals surface area contributed by atoms with E-state index in [0.29, 0.717) is 23.1 Å². The molecule has 1 saturated heterocycles. The minimum Gasteiger partial charge on any atom is -0.489 e. The van der Waals surface area contributed by atoms with Crippen LogP contribution in [0.5, 0.6) is 5.75 Å². The van der Waals surface area contributed by atoms with Gasteiger partial charge in [0, 0.05) is 23.7 Å². The molecule has 1 fully saturated rings. The van der Waals surface area contributed by atoms with E-state index in [1.54, 1.807) is 30.3 Å². The maximum absolute atomic E-state index is 11.9. The zero-order valence-electron chi connectivity index (χ0n) is 12.8. The molecule has 1 amide bonds. The van der Waals surface area contributed by atoms with Crippen molar-refractivity contribution in [3.63, 3.8) is 0 Å². The van der Waals surface area contributed by atoms with Crippen LogP contribution in [0.3, 0.4) is 0 Å². The maximum Gasteiger partial charge on any atom is 0.308 e. The first-order chi connectivity index (χ1) is 11.5. The summed E-state index contributed by atoms with van der Waals surface area (Å²) in [4.78, 5) is 24.4. The van der Waals surface area contributed by atoms with Gasteiger partial charge in [0.05, 0.1) is 5.92 Å². The standard InChI is InChI=1S/C18H16ClNO4/c19-14-3-1-2-12(8-14)11-24-16-6-4-15(5-7-16)20-10-13(18(22)23)9-17(20)21/h1-8,13H,9-11H2,(H,22,23). The van der Waals surface area contributed by atoms with Crippen molar-refractivity contribution in [1.82, 2.24) is 0 Å². The van der Waals surface area contributed by atoms with Crippen LogP contribution in [0.4, 0.5) is 5.69 Å². The number of hydrogen-bond donors (Lipinski definition) is 1. The normalized spacial score (nSPS) is 17.1. The summed E-state index contributed by atoms with van der Waals surface area (Å²) < 4.78 is 5.69. The molecule has 1 heterocycles. The second kappa shape index (κ2) is 6.93. The zero-order valence-corrected chi connectivity index (χ0v) is 13.6. The molecule has 1 N–H and O–H groups in total. The van der Waals surface area contributed by atoms with Crippen LogP contribution in [-0.4, -0.2) is 23.5 Å². The smallest absolute Gasteiger partial charge is 0.308 e. The molecular formula is C18H16ClNO4. The molecule has 24 heavy (non-hydrogen) atoms. The molecule has 2 aromatic carbocycles. The molecule has 1 unspecified atom stereocenters. The largest absolute Gasteiger partial charge is 0.489 e. The predicted molar refractivity (Wildman–Crippen MR) is 90.3 cm³/mol. The van der Waals surface area contributed by atoms with Gasteiger partial charge in [-0.05, 0) is 42.0 Å². The van der Waals surface area contributed by atoms with Crippen molar-refractivity contribution in [2.45, 2.75) is 13.0 Å². The predicted octanol–water partition coefficient (Wildman–Crippen LogP) is 3.36. The second-order valence-corrected chi connectivity index (χ2v) is 6.09. The SMILES string of the molecule is O=C(O)C1CC(=O)N(c2ccc(OCc3cccc(Cl)c3)cc2)C1. The summed E-state index contributed by atoms with van der Waals surface area (Å²) in [5.74, 6) is -1.08. The van der Waals surface area contributed by atoms with Crippen molar-refractivity contribution < 1.29 is 19.4 Å². The molecule has 2 aromatic rings. The van der Waals surface area contributed by atoms with Gasteiger partial charge in [-0.25, -0.2) is 0 Å². The van der Waals surface area contributed by atoms with Gasteiger partial charge in [-0.2, -0.15) is 0 Å². The van der Waals surface area contributed by atoms with Crippen LogP contribution in [0.1, 0.15) is 12.0 Å². The summed E-state index contributed by atoms with van der Waals surface area (Å²) in [6.07, 6.45) is 0.0440. The number of carboxylic acid groups (broad SMARTS) is 1. The van der Waals surface area contributed by atoms with Crippen molar-refractivity contribution in [3.05, 3.63) is 59.1 Å². The number of amides is 1. The second-order valence-electron chi connectivity index (χ2n) is 5.66. The summed E-state index contributed by atoms with van der Waals surface area (Å²) >= 11 is 5.93. The van der Waals surface area contributed by atoms with Crippen LogP contribution in [0.2, 0.25) is 5.02 Å². The van der Waals surface area contributed by atoms with Gasteiger partial charge in [0.2, 0.25) is 5.91 Å². The number of carbonyl (C=O) groups excluding carboxylic acids is 1. The Balaban J connectivity index is 1.63. The fraction of sp³-hybridized carbons (Fsp3) is 0.222. The average Bonchev–Trinajstić information content (AvgIpc) is 2.96. The highest BCUT2D eigenvalue weighted by molar-refractivity contribution is 6.30. The molecule has 1 aliphatic rings. The first kappa shape index (κ1) is 16.3. The Kier molecular flexibility index (Phi) is 4.71. The molecule has 0 bridgehead atoms. The summed E-state index contributed by atoms with van der Waals surface area (Å²) in [7, 11) is 0. The number of aliphatic carboxylic acids is 1. The lowest BCUT2D eigenvalue weighted by Gasteiger charge is -2.16. The minimum absolute atomic E-state index is 0.0440. The maximum atomic E-state index is 11.9. The number of carboxylic acids is 1. The third-order valence-electron chi connectivity index (χ3n) is 3.92. The fourth-order valence-electron chi connectivity index (χ4n) is 2.64. The fourth-order valence-corrected chi connectivity index (χ4v) is 2.85. The van der Waals surface area contributed by atoms with Gasteiger partial charge in [0.15, 0.2) is 0 Å². The molecule has 3 rings (SSSR count). The Labute approximate surface area is 144 Å². The number of hydrogen-bond acceptors (Lipinski definition) is 3. The highest BCUT2D eigenvalue weighted by Gasteiger charge is 2.34. The molecule has 6 heteroatoms. The molecular weight excluding hydrogens is 330 g/mol. The Hall–Kier alpha value is -2.53. The van der Waals surface area contributed by atoms with Crippen LogP contribution in [0.15, 0.2) is 48.5 Å². The first-order valence-corrected chi connectivity index (χ1v) is 7.91. The lowest BCUT2D eigenvalue weighted by atomic mass is 10.1. The molecule has 0 radical (unpaired) electrons. The van der Waals surface area contributed by atoms with Gasteiger partial charge in [-0.15, -0.1) is 0 Å². The molecule has 1 atom stereocenters. The first-order valence-electron chi connectivity index (χ1n) is 7.53. The molecule has 1 aliphatic heterocycles. The van der Waals surface area contributed by atoms with Crippen LogP contribution < -0.4 is 9.64 Å². The molecule has 0 aliphatic carbocycles. The van der Waals surface area contributed by atoms with E-state index in [0.717, 1.165) is 5.56 Å². The van der Waals surface area contributed by atoms with E-state index in [4.69, 9.17) is 21.4 Å². The number of rotatable bonds is 5. The zero-order chi connectivity index (χ0) is 17.1. The van der Waals surface area contributed by atoms with Crippen LogP contribution in [0, 0.1) is 5.92 Å². The lowest BCUT2D eigenvalue weighted by molar-refractivity contribution is -0.141. The summed E-state index contributed by atoms with van der Waals surface area (Å²) in [5.41, 5.74) is 1.64. The van der Waals surface area contributed by atoms with E-state index in [9.17, 15) is 9.59 Å².